The Morgan fingerprint density at radius 3 is 1.94 bits per heavy atom. The molecule has 0 bridgehead atoms. The van der Waals surface area contributed by atoms with E-state index in [-0.39, 0.29) is 0 Å². The predicted octanol–water partition coefficient (Wildman–Crippen LogP) is 16.6. The van der Waals surface area contributed by atoms with Crippen LogP contribution < -0.4 is 0 Å². The Bertz CT molecular complexity index is 4340. The van der Waals surface area contributed by atoms with Crippen molar-refractivity contribution in [3.8, 4) is 44.6 Å². The molecule has 10 aromatic carbocycles. The van der Waals surface area contributed by atoms with Gasteiger partial charge in [-0.3, -0.25) is 0 Å². The molecule has 0 saturated heterocycles. The zero-order valence-corrected chi connectivity index (χ0v) is 36.2. The van der Waals surface area contributed by atoms with Crippen molar-refractivity contribution in [2.45, 2.75) is 6.42 Å². The highest BCUT2D eigenvalue weighted by Gasteiger charge is 2.25. The zero-order chi connectivity index (χ0) is 43.7. The first-order chi connectivity index (χ1) is 33.2. The van der Waals surface area contributed by atoms with Gasteiger partial charge in [0.05, 0.1) is 27.8 Å². The number of rotatable bonds is 4. The fourth-order valence-electron chi connectivity index (χ4n) is 11.4. The number of furan rings is 1. The normalized spacial score (nSPS) is 12.8. The maximum absolute atomic E-state index is 6.72. The van der Waals surface area contributed by atoms with E-state index in [9.17, 15) is 0 Å². The van der Waals surface area contributed by atoms with Gasteiger partial charge in [-0.1, -0.05) is 158 Å². The van der Waals surface area contributed by atoms with Crippen molar-refractivity contribution in [3.05, 3.63) is 223 Å². The number of aromatic nitrogens is 3. The maximum Gasteiger partial charge on any atom is 0.156 e. The fourth-order valence-corrected chi connectivity index (χ4v) is 11.4. The van der Waals surface area contributed by atoms with E-state index in [4.69, 9.17) is 14.4 Å². The molecule has 14 aromatic rings. The average Bonchev–Trinajstić information content (AvgIpc) is 4.01. The molecular formula is C63H37N3O. The van der Waals surface area contributed by atoms with E-state index in [1.807, 2.05) is 0 Å². The molecule has 4 nitrogen and oxygen atoms in total. The molecule has 0 spiro atoms. The zero-order valence-electron chi connectivity index (χ0n) is 36.2. The minimum Gasteiger partial charge on any atom is -0.456 e. The van der Waals surface area contributed by atoms with Crippen molar-refractivity contribution in [3.63, 3.8) is 0 Å². The lowest BCUT2D eigenvalue weighted by molar-refractivity contribution is 0.669. The van der Waals surface area contributed by atoms with Crippen LogP contribution in [-0.4, -0.2) is 14.4 Å². The molecule has 0 unspecified atom stereocenters. The minimum absolute atomic E-state index is 0.682. The van der Waals surface area contributed by atoms with Gasteiger partial charge >= 0.3 is 0 Å². The van der Waals surface area contributed by atoms with E-state index in [0.29, 0.717) is 6.42 Å². The predicted molar refractivity (Wildman–Crippen MR) is 279 cm³/mol. The molecular weight excluding hydrogens is 815 g/mol. The van der Waals surface area contributed by atoms with Crippen LogP contribution in [0.1, 0.15) is 17.0 Å². The van der Waals surface area contributed by atoms with Crippen molar-refractivity contribution >= 4 is 93.4 Å². The first-order valence-corrected chi connectivity index (χ1v) is 23.0. The molecule has 310 valence electrons. The van der Waals surface area contributed by atoms with Gasteiger partial charge in [0, 0.05) is 55.3 Å². The summed E-state index contributed by atoms with van der Waals surface area (Å²) in [7, 11) is 0. The largest absolute Gasteiger partial charge is 0.456 e. The third-order valence-electron chi connectivity index (χ3n) is 14.4. The van der Waals surface area contributed by atoms with Gasteiger partial charge in [-0.05, 0) is 110 Å². The smallest absolute Gasteiger partial charge is 0.156 e. The number of fused-ring (bicyclic) bond motifs is 15. The first-order valence-electron chi connectivity index (χ1n) is 23.0. The molecule has 1 aliphatic rings. The average molecular weight is 852 g/mol. The van der Waals surface area contributed by atoms with Crippen LogP contribution >= 0.6 is 0 Å². The number of benzene rings is 10. The van der Waals surface area contributed by atoms with Crippen LogP contribution in [0.25, 0.3) is 138 Å². The van der Waals surface area contributed by atoms with Crippen molar-refractivity contribution in [2.24, 2.45) is 0 Å². The topological polar surface area (TPSA) is 43.3 Å². The van der Waals surface area contributed by atoms with Gasteiger partial charge in [0.2, 0.25) is 0 Å². The molecule has 0 N–H and O–H groups in total. The molecule has 0 fully saturated rings. The van der Waals surface area contributed by atoms with Crippen LogP contribution in [0.5, 0.6) is 0 Å². The summed E-state index contributed by atoms with van der Waals surface area (Å²) < 4.78 is 9.16. The summed E-state index contributed by atoms with van der Waals surface area (Å²) in [6, 6.07) is 74.6. The van der Waals surface area contributed by atoms with E-state index in [2.05, 4.69) is 217 Å². The number of nitrogens with zero attached hydrogens (tertiary/aromatic N) is 3. The number of para-hydroxylation sites is 3. The molecule has 4 aromatic heterocycles. The number of hydrogen-bond donors (Lipinski definition) is 0. The van der Waals surface area contributed by atoms with Crippen molar-refractivity contribution in [2.75, 3.05) is 0 Å². The Morgan fingerprint density at radius 2 is 1.12 bits per heavy atom. The summed E-state index contributed by atoms with van der Waals surface area (Å²) in [5.74, 6) is 0.748. The van der Waals surface area contributed by atoms with Gasteiger partial charge in [-0.25, -0.2) is 9.97 Å². The molecule has 0 aliphatic heterocycles. The summed E-state index contributed by atoms with van der Waals surface area (Å²) >= 11 is 0. The van der Waals surface area contributed by atoms with Crippen LogP contribution in [0.2, 0.25) is 0 Å². The Labute approximate surface area is 384 Å². The fraction of sp³-hybridized carbons (Fsp3) is 0.0159. The first kappa shape index (κ1) is 36.5. The third-order valence-corrected chi connectivity index (χ3v) is 14.4. The van der Waals surface area contributed by atoms with E-state index in [1.165, 1.54) is 76.7 Å². The van der Waals surface area contributed by atoms with Crippen LogP contribution in [0.15, 0.2) is 211 Å². The van der Waals surface area contributed by atoms with Gasteiger partial charge in [-0.15, -0.1) is 0 Å². The second kappa shape index (κ2) is 13.8. The molecule has 1 aliphatic carbocycles. The van der Waals surface area contributed by atoms with Gasteiger partial charge < -0.3 is 8.82 Å². The minimum atomic E-state index is 0.682. The maximum atomic E-state index is 6.72. The van der Waals surface area contributed by atoms with Gasteiger partial charge in [0.1, 0.15) is 11.2 Å². The summed E-state index contributed by atoms with van der Waals surface area (Å²) in [6.07, 6.45) is 3.02. The lowest BCUT2D eigenvalue weighted by Crippen LogP contribution is -2.01. The molecule has 67 heavy (non-hydrogen) atoms. The third kappa shape index (κ3) is 5.29. The van der Waals surface area contributed by atoms with Gasteiger partial charge in [0.15, 0.2) is 5.82 Å². The Balaban J connectivity index is 0.956. The van der Waals surface area contributed by atoms with Gasteiger partial charge in [-0.2, -0.15) is 0 Å². The van der Waals surface area contributed by atoms with Crippen LogP contribution in [0, 0.1) is 0 Å². The molecule has 4 heteroatoms. The summed E-state index contributed by atoms with van der Waals surface area (Å²) in [6.45, 7) is 0. The molecule has 0 saturated carbocycles. The molecule has 0 atom stereocenters. The number of allylic oxidation sites excluding steroid dienone is 1. The van der Waals surface area contributed by atoms with Crippen molar-refractivity contribution < 1.29 is 4.42 Å². The Morgan fingerprint density at radius 1 is 0.433 bits per heavy atom. The van der Waals surface area contributed by atoms with E-state index in [0.717, 1.165) is 72.2 Å². The summed E-state index contributed by atoms with van der Waals surface area (Å²) in [4.78, 5) is 10.7. The standard InChI is InChI=1S/C63H37N3O/c1-2-15-38(16-3-1)61-49-21-6-9-24-54(49)64-63(65-61)42-32-40-17-12-22-44(59(40)48-30-28-37-14-4-5-18-43(37)50(48)36-42)39-29-31-57-53(33-39)60-45(23-13-27-58(60)67-57)41-34-51-46-19-7-10-25-55(46)66-56-26-11-8-20-47(56)52(35-41)62(51)66/h1-35H,36H2. The lowest BCUT2D eigenvalue weighted by Gasteiger charge is -2.17. The second-order valence-electron chi connectivity index (χ2n) is 18.0. The Hall–Kier alpha value is -8.86. The van der Waals surface area contributed by atoms with Gasteiger partial charge in [0.25, 0.3) is 0 Å². The highest BCUT2D eigenvalue weighted by molar-refractivity contribution is 6.25. The lowest BCUT2D eigenvalue weighted by atomic mass is 9.86. The highest BCUT2D eigenvalue weighted by atomic mass is 16.3. The SMILES string of the molecule is C1=C(c2nc(-c3ccccc3)c3ccccc3n2)Cc2c(ccc3ccccc23)-c2c1cccc2-c1ccc2oc3cccc(-c4cc5c6ccccc6n6c7ccccc7c(c4)c56)c3c2c1. The van der Waals surface area contributed by atoms with Crippen LogP contribution in [0.3, 0.4) is 0 Å². The van der Waals surface area contributed by atoms with Crippen molar-refractivity contribution in [1.82, 2.24) is 14.4 Å². The monoisotopic (exact) mass is 851 g/mol. The second-order valence-corrected chi connectivity index (χ2v) is 18.0. The summed E-state index contributed by atoms with van der Waals surface area (Å²) in [5.41, 5.74) is 19.0. The van der Waals surface area contributed by atoms with E-state index >= 15 is 0 Å². The highest BCUT2D eigenvalue weighted by Crippen LogP contribution is 2.48. The van der Waals surface area contributed by atoms with E-state index in [1.54, 1.807) is 0 Å². The molecule has 15 rings (SSSR count). The summed E-state index contributed by atoms with van der Waals surface area (Å²) in [5, 5.41) is 10.8. The molecule has 0 amide bonds. The molecule has 4 heterocycles. The molecule has 0 radical (unpaired) electrons. The van der Waals surface area contributed by atoms with Crippen LogP contribution in [0.4, 0.5) is 0 Å². The van der Waals surface area contributed by atoms with Crippen LogP contribution in [-0.2, 0) is 6.42 Å². The van der Waals surface area contributed by atoms with E-state index < -0.39 is 0 Å². The van der Waals surface area contributed by atoms with Crippen molar-refractivity contribution in [1.29, 1.82) is 0 Å². The Kier molecular flexibility index (Phi) is 7.53. The quantitative estimate of drug-likeness (QED) is 0.177. The number of hydrogen-bond acceptors (Lipinski definition) is 3.